The Morgan fingerprint density at radius 3 is 2.78 bits per heavy atom. The topological polar surface area (TPSA) is 85.2 Å². The Bertz CT molecular complexity index is 1120. The monoisotopic (exact) mass is 486 g/mol. The van der Waals surface area contributed by atoms with Crippen LogP contribution < -0.4 is 10.2 Å². The Morgan fingerprint density at radius 1 is 1.25 bits per heavy atom. The molecule has 2 aromatic heterocycles. The van der Waals surface area contributed by atoms with Gasteiger partial charge in [0.2, 0.25) is 5.91 Å². The third-order valence-electron chi connectivity index (χ3n) is 7.12. The van der Waals surface area contributed by atoms with Gasteiger partial charge in [0.1, 0.15) is 17.7 Å². The van der Waals surface area contributed by atoms with Gasteiger partial charge >= 0.3 is 0 Å². The van der Waals surface area contributed by atoms with E-state index in [0.29, 0.717) is 36.8 Å². The highest BCUT2D eigenvalue weighted by atomic mass is 16.2. The predicted octanol–water partition coefficient (Wildman–Crippen LogP) is 6.01. The number of aromatic nitrogens is 2. The first-order valence-corrected chi connectivity index (χ1v) is 13.4. The van der Waals surface area contributed by atoms with Gasteiger partial charge in [-0.2, -0.15) is 5.26 Å². The quantitative estimate of drug-likeness (QED) is 0.392. The number of rotatable bonds is 11. The van der Waals surface area contributed by atoms with Crippen LogP contribution in [0.25, 0.3) is 6.08 Å². The molecular formula is C29H38N6O. The zero-order chi connectivity index (χ0) is 25.5. The van der Waals surface area contributed by atoms with E-state index in [1.807, 2.05) is 18.2 Å². The first-order valence-electron chi connectivity index (χ1n) is 13.4. The van der Waals surface area contributed by atoms with Gasteiger partial charge in [0.25, 0.3) is 0 Å². The van der Waals surface area contributed by atoms with E-state index < -0.39 is 0 Å². The Kier molecular flexibility index (Phi) is 8.58. The van der Waals surface area contributed by atoms with Crippen LogP contribution in [-0.2, 0) is 4.79 Å². The molecule has 0 radical (unpaired) electrons. The van der Waals surface area contributed by atoms with Gasteiger partial charge < -0.3 is 15.1 Å². The summed E-state index contributed by atoms with van der Waals surface area (Å²) < 4.78 is 0. The maximum absolute atomic E-state index is 13.0. The van der Waals surface area contributed by atoms with Crippen LogP contribution in [-0.4, -0.2) is 46.5 Å². The molecule has 7 nitrogen and oxygen atoms in total. The van der Waals surface area contributed by atoms with Gasteiger partial charge in [0, 0.05) is 44.2 Å². The van der Waals surface area contributed by atoms with E-state index in [1.54, 1.807) is 12.3 Å². The lowest BCUT2D eigenvalue weighted by Gasteiger charge is -2.42. The molecule has 2 fully saturated rings. The van der Waals surface area contributed by atoms with Crippen molar-refractivity contribution in [1.29, 1.82) is 5.26 Å². The second-order valence-electron chi connectivity index (χ2n) is 9.91. The van der Waals surface area contributed by atoms with Gasteiger partial charge in [-0.05, 0) is 49.4 Å². The van der Waals surface area contributed by atoms with Crippen molar-refractivity contribution < 1.29 is 4.79 Å². The van der Waals surface area contributed by atoms with Crippen molar-refractivity contribution in [3.63, 3.8) is 0 Å². The molecule has 1 saturated heterocycles. The molecule has 0 aromatic carbocycles. The highest BCUT2D eigenvalue weighted by Gasteiger charge is 2.34. The summed E-state index contributed by atoms with van der Waals surface area (Å²) in [4.78, 5) is 26.8. The third kappa shape index (κ3) is 6.04. The summed E-state index contributed by atoms with van der Waals surface area (Å²) in [7, 11) is 0. The highest BCUT2D eigenvalue weighted by molar-refractivity contribution is 5.77. The van der Waals surface area contributed by atoms with E-state index >= 15 is 0 Å². The van der Waals surface area contributed by atoms with Crippen molar-refractivity contribution in [2.75, 3.05) is 29.9 Å². The third-order valence-corrected chi connectivity index (χ3v) is 7.12. The van der Waals surface area contributed by atoms with Crippen molar-refractivity contribution in [3.8, 4) is 6.07 Å². The standard InChI is InChI=1S/C29H38N6O/c1-4-7-8-10-27(36)35-16-15-34(20-24(35)9-5-2)29-23(19-30)18-25(28(33-29)22-11-12-22)32-26-17-21(6-3)13-14-31-26/h6,13-14,17-18,22,24H,3-5,7-12,15-16,20H2,1-2H3,(H,31,32)/t24-/m1/s1. The first-order chi connectivity index (χ1) is 17.6. The number of carbonyl (C=O) groups is 1. The number of anilines is 3. The number of unbranched alkanes of at least 4 members (excludes halogenated alkanes) is 2. The fourth-order valence-electron chi connectivity index (χ4n) is 5.02. The zero-order valence-corrected chi connectivity index (χ0v) is 21.7. The van der Waals surface area contributed by atoms with E-state index in [4.69, 9.17) is 4.98 Å². The molecule has 1 saturated carbocycles. The van der Waals surface area contributed by atoms with Crippen molar-refractivity contribution in [3.05, 3.63) is 47.8 Å². The summed E-state index contributed by atoms with van der Waals surface area (Å²) >= 11 is 0. The van der Waals surface area contributed by atoms with Crippen LogP contribution in [0.15, 0.2) is 31.0 Å². The van der Waals surface area contributed by atoms with Crippen molar-refractivity contribution in [2.24, 2.45) is 0 Å². The van der Waals surface area contributed by atoms with E-state index in [-0.39, 0.29) is 11.9 Å². The molecule has 0 spiro atoms. The molecule has 2 aliphatic rings. The van der Waals surface area contributed by atoms with Crippen LogP contribution in [0.3, 0.4) is 0 Å². The summed E-state index contributed by atoms with van der Waals surface area (Å²) in [6.07, 6.45) is 11.5. The first kappa shape index (κ1) is 25.7. The van der Waals surface area contributed by atoms with E-state index in [9.17, 15) is 10.1 Å². The number of nitrogens with zero attached hydrogens (tertiary/aromatic N) is 5. The predicted molar refractivity (Wildman–Crippen MR) is 145 cm³/mol. The summed E-state index contributed by atoms with van der Waals surface area (Å²) in [6.45, 7) is 10.3. The summed E-state index contributed by atoms with van der Waals surface area (Å²) in [5.41, 5.74) is 3.38. The number of piperazine rings is 1. The van der Waals surface area contributed by atoms with Crippen LogP contribution in [0.5, 0.6) is 0 Å². The van der Waals surface area contributed by atoms with Crippen LogP contribution in [0.2, 0.25) is 0 Å². The minimum Gasteiger partial charge on any atom is -0.352 e. The average Bonchev–Trinajstić information content (AvgIpc) is 3.74. The van der Waals surface area contributed by atoms with E-state index in [1.165, 1.54) is 0 Å². The maximum atomic E-state index is 13.0. The molecule has 190 valence electrons. The highest BCUT2D eigenvalue weighted by Crippen LogP contribution is 2.44. The van der Waals surface area contributed by atoms with Gasteiger partial charge in [0.15, 0.2) is 0 Å². The minimum absolute atomic E-state index is 0.152. The van der Waals surface area contributed by atoms with Gasteiger partial charge in [-0.1, -0.05) is 45.8 Å². The SMILES string of the molecule is C=Cc1ccnc(Nc2cc(C#N)c(N3CCN(C(=O)CCCCC)[C@H](CCC)C3)nc2C2CC2)c1. The maximum Gasteiger partial charge on any atom is 0.222 e. The molecule has 0 unspecified atom stereocenters. The summed E-state index contributed by atoms with van der Waals surface area (Å²) in [5.74, 6) is 2.12. The second kappa shape index (κ2) is 12.0. The average molecular weight is 487 g/mol. The smallest absolute Gasteiger partial charge is 0.222 e. The van der Waals surface area contributed by atoms with Gasteiger partial charge in [-0.15, -0.1) is 0 Å². The molecule has 2 aromatic rings. The van der Waals surface area contributed by atoms with Crippen LogP contribution in [0.1, 0.15) is 88.0 Å². The normalized spacial score (nSPS) is 17.5. The number of nitriles is 1. The zero-order valence-electron chi connectivity index (χ0n) is 21.7. The Morgan fingerprint density at radius 2 is 2.08 bits per heavy atom. The number of carbonyl (C=O) groups excluding carboxylic acids is 1. The molecule has 36 heavy (non-hydrogen) atoms. The lowest BCUT2D eigenvalue weighted by atomic mass is 10.0. The molecule has 1 aliphatic heterocycles. The lowest BCUT2D eigenvalue weighted by Crippen LogP contribution is -2.55. The van der Waals surface area contributed by atoms with Gasteiger partial charge in [0.05, 0.1) is 16.9 Å². The number of hydrogen-bond donors (Lipinski definition) is 1. The molecule has 1 amide bonds. The second-order valence-corrected chi connectivity index (χ2v) is 9.91. The fraction of sp³-hybridized carbons (Fsp3) is 0.517. The number of amides is 1. The molecule has 1 atom stereocenters. The molecule has 0 bridgehead atoms. The minimum atomic E-state index is 0.152. The molecule has 3 heterocycles. The van der Waals surface area contributed by atoms with Crippen LogP contribution in [0.4, 0.5) is 17.3 Å². The molecule has 7 heteroatoms. The molecular weight excluding hydrogens is 448 g/mol. The number of hydrogen-bond acceptors (Lipinski definition) is 6. The Labute approximate surface area is 215 Å². The van der Waals surface area contributed by atoms with Crippen LogP contribution >= 0.6 is 0 Å². The number of pyridine rings is 2. The molecule has 1 aliphatic carbocycles. The molecule has 4 rings (SSSR count). The van der Waals surface area contributed by atoms with E-state index in [0.717, 1.165) is 74.3 Å². The largest absolute Gasteiger partial charge is 0.352 e. The van der Waals surface area contributed by atoms with Crippen molar-refractivity contribution in [2.45, 2.75) is 77.2 Å². The van der Waals surface area contributed by atoms with Crippen molar-refractivity contribution in [1.82, 2.24) is 14.9 Å². The fourth-order valence-corrected chi connectivity index (χ4v) is 5.02. The van der Waals surface area contributed by atoms with Crippen molar-refractivity contribution >= 4 is 29.3 Å². The van der Waals surface area contributed by atoms with E-state index in [2.05, 4.69) is 46.6 Å². The summed E-state index contributed by atoms with van der Waals surface area (Å²) in [5, 5.41) is 13.5. The van der Waals surface area contributed by atoms with Crippen LogP contribution in [0, 0.1) is 11.3 Å². The van der Waals surface area contributed by atoms with Gasteiger partial charge in [-0.3, -0.25) is 4.79 Å². The lowest BCUT2D eigenvalue weighted by molar-refractivity contribution is -0.134. The van der Waals surface area contributed by atoms with Gasteiger partial charge in [-0.25, -0.2) is 9.97 Å². The number of nitrogens with one attached hydrogen (secondary N) is 1. The Balaban J connectivity index is 1.58. The Hall–Kier alpha value is -3.40. The molecule has 1 N–H and O–H groups in total. The summed E-state index contributed by atoms with van der Waals surface area (Å²) in [6, 6.07) is 8.31.